The molecule has 2 aliphatic carbocycles. The number of hydrogen-bond acceptors (Lipinski definition) is 2. The van der Waals surface area contributed by atoms with E-state index in [0.717, 1.165) is 23.7 Å². The standard InChI is InChI=1S/C31H64O2Si2/c1-12-34(13-2,14-3)32-29-19-18-23-31(11)27(20-21-28(29)31)26(8)25(7)22-24-30(9,10)33-35(15-4,16-5)17-6/h25-29H,12-24H2,1-11H3/t25?,26-,27-,28+,29+,31-/m1/s1. The van der Waals surface area contributed by atoms with Crippen molar-refractivity contribution in [3.05, 3.63) is 0 Å². The van der Waals surface area contributed by atoms with Crippen LogP contribution >= 0.6 is 0 Å². The van der Waals surface area contributed by atoms with Gasteiger partial charge in [-0.2, -0.15) is 0 Å². The van der Waals surface area contributed by atoms with Gasteiger partial charge in [0, 0.05) is 6.10 Å². The van der Waals surface area contributed by atoms with Crippen LogP contribution in [-0.2, 0) is 8.85 Å². The summed E-state index contributed by atoms with van der Waals surface area (Å²) in [5, 5.41) is 0. The minimum Gasteiger partial charge on any atom is -0.414 e. The Morgan fingerprint density at radius 3 is 1.89 bits per heavy atom. The minimum absolute atomic E-state index is 0.0164. The molecule has 0 N–H and O–H groups in total. The molecule has 2 saturated carbocycles. The molecule has 6 atom stereocenters. The zero-order chi connectivity index (χ0) is 26.5. The molecule has 0 bridgehead atoms. The molecule has 2 aliphatic rings. The average molecular weight is 525 g/mol. The van der Waals surface area contributed by atoms with Crippen molar-refractivity contribution < 1.29 is 8.85 Å². The summed E-state index contributed by atoms with van der Waals surface area (Å²) < 4.78 is 14.1. The van der Waals surface area contributed by atoms with Crippen LogP contribution in [0.1, 0.15) is 121 Å². The minimum atomic E-state index is -1.56. The molecule has 208 valence electrons. The zero-order valence-corrected chi connectivity index (χ0v) is 27.9. The van der Waals surface area contributed by atoms with Crippen molar-refractivity contribution in [1.29, 1.82) is 0 Å². The van der Waals surface area contributed by atoms with E-state index in [1.54, 1.807) is 0 Å². The molecule has 0 aliphatic heterocycles. The monoisotopic (exact) mass is 524 g/mol. The van der Waals surface area contributed by atoms with Gasteiger partial charge in [0.25, 0.3) is 0 Å². The lowest BCUT2D eigenvalue weighted by molar-refractivity contribution is -0.0266. The number of hydrogen-bond donors (Lipinski definition) is 0. The summed E-state index contributed by atoms with van der Waals surface area (Å²) in [7, 11) is -3.10. The fraction of sp³-hybridized carbons (Fsp3) is 1.00. The van der Waals surface area contributed by atoms with Gasteiger partial charge in [-0.3, -0.25) is 0 Å². The normalized spacial score (nSPS) is 29.7. The Balaban J connectivity index is 2.05. The van der Waals surface area contributed by atoms with Crippen molar-refractivity contribution in [2.75, 3.05) is 0 Å². The smallest absolute Gasteiger partial charge is 0.192 e. The van der Waals surface area contributed by atoms with Gasteiger partial charge in [-0.1, -0.05) is 68.7 Å². The van der Waals surface area contributed by atoms with Gasteiger partial charge in [0.2, 0.25) is 0 Å². The molecule has 0 saturated heterocycles. The Labute approximate surface area is 223 Å². The lowest BCUT2D eigenvalue weighted by Crippen LogP contribution is -2.49. The molecule has 0 aromatic carbocycles. The molecule has 1 unspecified atom stereocenters. The second-order valence-corrected chi connectivity index (χ2v) is 23.0. The van der Waals surface area contributed by atoms with Gasteiger partial charge in [0.1, 0.15) is 0 Å². The van der Waals surface area contributed by atoms with Crippen LogP contribution in [0.3, 0.4) is 0 Å². The molecule has 4 heteroatoms. The molecule has 0 amide bonds. The average Bonchev–Trinajstić information content (AvgIpc) is 3.21. The van der Waals surface area contributed by atoms with Crippen LogP contribution in [0.4, 0.5) is 0 Å². The molecule has 0 spiro atoms. The third-order valence-electron chi connectivity index (χ3n) is 11.6. The highest BCUT2D eigenvalue weighted by Gasteiger charge is 2.54. The lowest BCUT2D eigenvalue weighted by Gasteiger charge is -2.49. The summed E-state index contributed by atoms with van der Waals surface area (Å²) in [5.74, 6) is 3.19. The first-order valence-corrected chi connectivity index (χ1v) is 20.8. The summed E-state index contributed by atoms with van der Waals surface area (Å²) in [5.41, 5.74) is 0.495. The summed E-state index contributed by atoms with van der Waals surface area (Å²) in [6.07, 6.45) is 9.96. The van der Waals surface area contributed by atoms with Gasteiger partial charge < -0.3 is 8.85 Å². The van der Waals surface area contributed by atoms with Crippen LogP contribution in [0.5, 0.6) is 0 Å². The molecular formula is C31H64O2Si2. The van der Waals surface area contributed by atoms with Crippen molar-refractivity contribution in [2.45, 2.75) is 169 Å². The van der Waals surface area contributed by atoms with E-state index in [9.17, 15) is 0 Å². The van der Waals surface area contributed by atoms with E-state index in [1.807, 2.05) is 0 Å². The van der Waals surface area contributed by atoms with Gasteiger partial charge in [0.05, 0.1) is 5.60 Å². The van der Waals surface area contributed by atoms with E-state index in [1.165, 1.54) is 81.2 Å². The first-order valence-electron chi connectivity index (χ1n) is 15.8. The second kappa shape index (κ2) is 12.9. The lowest BCUT2D eigenvalue weighted by atomic mass is 9.60. The van der Waals surface area contributed by atoms with E-state index in [0.29, 0.717) is 11.5 Å². The third-order valence-corrected chi connectivity index (χ3v) is 21.2. The maximum absolute atomic E-state index is 7.19. The molecule has 0 heterocycles. The topological polar surface area (TPSA) is 18.5 Å². The van der Waals surface area contributed by atoms with E-state index in [4.69, 9.17) is 8.85 Å². The maximum Gasteiger partial charge on any atom is 0.192 e. The molecule has 2 rings (SSSR count). The van der Waals surface area contributed by atoms with Crippen LogP contribution in [0.2, 0.25) is 36.3 Å². The molecule has 2 fully saturated rings. The highest BCUT2D eigenvalue weighted by molar-refractivity contribution is 6.74. The van der Waals surface area contributed by atoms with E-state index < -0.39 is 16.6 Å². The van der Waals surface area contributed by atoms with E-state index in [-0.39, 0.29) is 5.60 Å². The van der Waals surface area contributed by atoms with Crippen LogP contribution in [0.25, 0.3) is 0 Å². The highest BCUT2D eigenvalue weighted by Crippen LogP contribution is 2.60. The SMILES string of the molecule is CC[Si](CC)(CC)O[C@H]1CCC[C@]2(C)[C@@H]([C@H](C)C(C)CCC(C)(C)O[Si](CC)(CC)CC)CC[C@@H]12. The molecule has 2 nitrogen and oxygen atoms in total. The third kappa shape index (κ3) is 7.06. The largest absolute Gasteiger partial charge is 0.414 e. The van der Waals surface area contributed by atoms with Crippen molar-refractivity contribution in [2.24, 2.45) is 29.1 Å². The van der Waals surface area contributed by atoms with Crippen molar-refractivity contribution in [1.82, 2.24) is 0 Å². The first-order chi connectivity index (χ1) is 16.4. The van der Waals surface area contributed by atoms with E-state index >= 15 is 0 Å². The summed E-state index contributed by atoms with van der Waals surface area (Å²) >= 11 is 0. The Hall–Kier alpha value is 0.354. The number of rotatable bonds is 15. The fourth-order valence-electron chi connectivity index (χ4n) is 8.32. The van der Waals surface area contributed by atoms with Crippen LogP contribution < -0.4 is 0 Å². The van der Waals surface area contributed by atoms with Gasteiger partial charge in [-0.15, -0.1) is 0 Å². The fourth-order valence-corrected chi connectivity index (χ4v) is 14.5. The van der Waals surface area contributed by atoms with Crippen molar-refractivity contribution >= 4 is 16.6 Å². The van der Waals surface area contributed by atoms with Gasteiger partial charge in [-0.05, 0) is 118 Å². The Morgan fingerprint density at radius 1 is 0.829 bits per heavy atom. The molecule has 35 heavy (non-hydrogen) atoms. The molecule has 0 aromatic heterocycles. The Morgan fingerprint density at radius 2 is 1.37 bits per heavy atom. The zero-order valence-electron chi connectivity index (χ0n) is 25.9. The summed E-state index contributed by atoms with van der Waals surface area (Å²) in [6.45, 7) is 26.8. The Kier molecular flexibility index (Phi) is 11.7. The predicted octanol–water partition coefficient (Wildman–Crippen LogP) is 10.4. The molecular weight excluding hydrogens is 461 g/mol. The molecule has 0 radical (unpaired) electrons. The maximum atomic E-state index is 7.19. The number of fused-ring (bicyclic) bond motifs is 1. The summed E-state index contributed by atoms with van der Waals surface area (Å²) in [6, 6.07) is 7.60. The van der Waals surface area contributed by atoms with Crippen molar-refractivity contribution in [3.8, 4) is 0 Å². The van der Waals surface area contributed by atoms with Crippen LogP contribution in [-0.4, -0.2) is 28.3 Å². The van der Waals surface area contributed by atoms with Crippen LogP contribution in [0, 0.1) is 29.1 Å². The van der Waals surface area contributed by atoms with Gasteiger partial charge >= 0.3 is 0 Å². The highest BCUT2D eigenvalue weighted by atomic mass is 28.4. The van der Waals surface area contributed by atoms with Crippen molar-refractivity contribution in [3.63, 3.8) is 0 Å². The van der Waals surface area contributed by atoms with E-state index in [2.05, 4.69) is 76.2 Å². The summed E-state index contributed by atoms with van der Waals surface area (Å²) in [4.78, 5) is 0. The first kappa shape index (κ1) is 31.6. The predicted molar refractivity (Wildman–Crippen MR) is 160 cm³/mol. The second-order valence-electron chi connectivity index (χ2n) is 13.6. The molecule has 0 aromatic rings. The van der Waals surface area contributed by atoms with Gasteiger partial charge in [0.15, 0.2) is 16.6 Å². The quantitative estimate of drug-likeness (QED) is 0.198. The Bertz CT molecular complexity index is 611. The van der Waals surface area contributed by atoms with Crippen LogP contribution in [0.15, 0.2) is 0 Å². The van der Waals surface area contributed by atoms with Gasteiger partial charge in [-0.25, -0.2) is 0 Å².